The van der Waals surface area contributed by atoms with Gasteiger partial charge in [-0.05, 0) is 76.2 Å². The maximum Gasteiger partial charge on any atom is 0.331 e. The fourth-order valence-electron chi connectivity index (χ4n) is 10.4. The van der Waals surface area contributed by atoms with Crippen LogP contribution >= 0.6 is 0 Å². The van der Waals surface area contributed by atoms with Crippen molar-refractivity contribution in [1.29, 1.82) is 0 Å². The average Bonchev–Trinajstić information content (AvgIpc) is 0.822. The van der Waals surface area contributed by atoms with Crippen molar-refractivity contribution in [1.82, 2.24) is 60.9 Å². The third kappa shape index (κ3) is 16.8. The topological polar surface area (TPSA) is 481 Å². The van der Waals surface area contributed by atoms with Gasteiger partial charge in [-0.15, -0.1) is 0 Å². The van der Waals surface area contributed by atoms with E-state index in [2.05, 4.69) is 41.4 Å². The van der Waals surface area contributed by atoms with Gasteiger partial charge in [0.15, 0.2) is 35.6 Å². The van der Waals surface area contributed by atoms with Crippen LogP contribution in [0.2, 0.25) is 0 Å². The van der Waals surface area contributed by atoms with E-state index in [-0.39, 0.29) is 23.9 Å². The van der Waals surface area contributed by atoms with E-state index < -0.39 is 193 Å². The van der Waals surface area contributed by atoms with Crippen LogP contribution < -0.4 is 30.7 Å². The zero-order valence-electron chi connectivity index (χ0n) is 53.7. The van der Waals surface area contributed by atoms with E-state index in [9.17, 15) is 88.2 Å². The summed E-state index contributed by atoms with van der Waals surface area (Å²) < 4.78 is 21.5. The molecule has 3 aliphatic heterocycles. The minimum Gasteiger partial charge on any atom is -0.505 e. The number of carbonyl (C=O) groups excluding carboxylic acids is 12. The Balaban J connectivity index is 1.22. The number of hydrogen-bond donors (Lipinski definition) is 10. The van der Waals surface area contributed by atoms with Gasteiger partial charge in [0.05, 0.1) is 74.8 Å². The lowest BCUT2D eigenvalue weighted by molar-refractivity contribution is -0.166. The van der Waals surface area contributed by atoms with Gasteiger partial charge in [0.1, 0.15) is 48.3 Å². The molecular formula is C60H74N14O22. The minimum atomic E-state index is -2.21. The smallest absolute Gasteiger partial charge is 0.331 e. The van der Waals surface area contributed by atoms with Crippen molar-refractivity contribution in [3.05, 3.63) is 59.9 Å². The van der Waals surface area contributed by atoms with Crippen LogP contribution in [0.3, 0.4) is 0 Å². The molecule has 1 saturated heterocycles. The number of fused-ring (bicyclic) bond motifs is 4. The number of aromatic nitrogens is 2. The van der Waals surface area contributed by atoms with Gasteiger partial charge in [0.2, 0.25) is 35.4 Å². The SMILES string of the molecule is COc1ccc2nc(C(=O)N[C@@H]3COC(=O)[C@H](C(C)(C)O)N(C)C(=O)CN(C)C(=O)CNC(=O)[C@@H]4[C@@H](O)CC=NN4C(=O)[C@H](NC(=O)c4nc5ccc(OC)cc5cc4O)COC(=O)[C@H](C(C)(C)O)N(C)C(=O)CN(C)C(=O)CNC(=O)[C@@H]4[C@@H](O)CC=NN4C3=O)c(O)cc2c1. The molecule has 0 bridgehead atoms. The molecule has 5 heterocycles. The van der Waals surface area contributed by atoms with E-state index in [0.29, 0.717) is 42.1 Å². The number of cyclic esters (lactones) is 2. The van der Waals surface area contributed by atoms with Crippen molar-refractivity contribution < 1.29 is 107 Å². The highest BCUT2D eigenvalue weighted by Gasteiger charge is 2.47. The lowest BCUT2D eigenvalue weighted by Crippen LogP contribution is -2.61. The van der Waals surface area contributed by atoms with Crippen molar-refractivity contribution in [2.75, 3.05) is 81.8 Å². The Kier molecular flexibility index (Phi) is 22.8. The van der Waals surface area contributed by atoms with Crippen LogP contribution in [0.25, 0.3) is 21.8 Å². The molecule has 7 rings (SSSR count). The second-order valence-electron chi connectivity index (χ2n) is 23.7. The van der Waals surface area contributed by atoms with E-state index in [4.69, 9.17) is 18.9 Å². The number of likely N-dealkylation sites (N-methyl/N-ethyl adjacent to an activating group) is 4. The van der Waals surface area contributed by atoms with Crippen LogP contribution in [0, 0.1) is 0 Å². The highest BCUT2D eigenvalue weighted by Crippen LogP contribution is 2.29. The standard InChI is InChI=1S/C60H74N14O22/c1-59(2,91)49-57(89)95-27-35(67-51(83)45-39(77)21-29-19-31(93-9)11-13-33(29)65-45)55(87)73-47(37(75)15-17-63-73)53(85)62-24-42(80)70(6)26-44(82)72(8)50(60(3,4)92)58(90)96-28-36(68-52(84)46-40(78)22-30-20-32(94-10)12-14-34(30)66-46)56(88)74-48(38(76)16-18-64-74)54(86)61-23-41(79)69(5)25-43(81)71(49)7/h11-14,17-22,35-38,47-50,75-78,91-92H,15-16,23-28H2,1-10H3,(H,61,86)(H,62,85)(H,67,83)(H,68,84)/t35-,36-,37+,38+,47+,48+,49-,50-/m1/s1. The number of ether oxygens (including phenoxy) is 4. The van der Waals surface area contributed by atoms with Crippen molar-refractivity contribution in [3.8, 4) is 23.0 Å². The number of pyridine rings is 2. The summed E-state index contributed by atoms with van der Waals surface area (Å²) in [5, 5.41) is 86.0. The van der Waals surface area contributed by atoms with Gasteiger partial charge in [-0.2, -0.15) is 10.2 Å². The minimum absolute atomic E-state index is 0.155. The second kappa shape index (κ2) is 30.1. The zero-order chi connectivity index (χ0) is 71.0. The van der Waals surface area contributed by atoms with Crippen LogP contribution in [0.5, 0.6) is 23.0 Å². The van der Waals surface area contributed by atoms with E-state index >= 15 is 0 Å². The fourth-order valence-corrected chi connectivity index (χ4v) is 10.4. The second-order valence-corrected chi connectivity index (χ2v) is 23.7. The predicted octanol–water partition coefficient (Wildman–Crippen LogP) is -4.55. The molecule has 2 aromatic heterocycles. The van der Waals surface area contributed by atoms with Crippen LogP contribution in [0.4, 0.5) is 0 Å². The van der Waals surface area contributed by atoms with Crippen LogP contribution in [0.1, 0.15) is 61.5 Å². The monoisotopic (exact) mass is 1340 g/mol. The number of aliphatic hydroxyl groups excluding tert-OH is 2. The number of rotatable bonds is 8. The molecule has 1 fully saturated rings. The zero-order valence-corrected chi connectivity index (χ0v) is 53.7. The molecule has 96 heavy (non-hydrogen) atoms. The van der Waals surface area contributed by atoms with E-state index in [1.54, 1.807) is 0 Å². The molecule has 0 spiro atoms. The number of aliphatic hydroxyl groups is 4. The van der Waals surface area contributed by atoms with E-state index in [1.165, 1.54) is 50.6 Å². The van der Waals surface area contributed by atoms with Crippen LogP contribution in [-0.4, -0.2) is 295 Å². The highest BCUT2D eigenvalue weighted by atomic mass is 16.5. The molecule has 4 aromatic rings. The molecule has 36 nitrogen and oxygen atoms in total. The number of amides is 10. The first-order valence-corrected chi connectivity index (χ1v) is 29.4. The number of hydrogen-bond acceptors (Lipinski definition) is 26. The molecule has 8 atom stereocenters. The maximum absolute atomic E-state index is 14.8. The van der Waals surface area contributed by atoms with Crippen molar-refractivity contribution in [2.45, 2.75) is 100 Å². The summed E-state index contributed by atoms with van der Waals surface area (Å²) in [4.78, 5) is 181. The Morgan fingerprint density at radius 3 is 1.25 bits per heavy atom. The third-order valence-electron chi connectivity index (χ3n) is 15.5. The Bertz CT molecular complexity index is 3560. The summed E-state index contributed by atoms with van der Waals surface area (Å²) >= 11 is 0. The van der Waals surface area contributed by atoms with Gasteiger partial charge < -0.3 is 90.5 Å². The first kappa shape index (κ1) is 72.7. The molecule has 0 saturated carbocycles. The van der Waals surface area contributed by atoms with Gasteiger partial charge >= 0.3 is 11.9 Å². The summed E-state index contributed by atoms with van der Waals surface area (Å²) in [6.07, 6.45) is -2.28. The average molecular weight is 1340 g/mol. The molecule has 10 N–H and O–H groups in total. The number of hydrazone groups is 2. The third-order valence-corrected chi connectivity index (χ3v) is 15.5. The molecule has 0 aliphatic carbocycles. The van der Waals surface area contributed by atoms with Gasteiger partial charge in [0, 0.05) is 64.2 Å². The summed E-state index contributed by atoms with van der Waals surface area (Å²) in [7, 11) is 7.06. The molecule has 0 unspecified atom stereocenters. The molecule has 3 aliphatic rings. The summed E-state index contributed by atoms with van der Waals surface area (Å²) in [5.74, 6) is -15.5. The van der Waals surface area contributed by atoms with Gasteiger partial charge in [-0.25, -0.2) is 29.6 Å². The predicted molar refractivity (Wildman–Crippen MR) is 331 cm³/mol. The van der Waals surface area contributed by atoms with Gasteiger partial charge in [-0.3, -0.25) is 47.9 Å². The van der Waals surface area contributed by atoms with Gasteiger partial charge in [0.25, 0.3) is 23.6 Å². The lowest BCUT2D eigenvalue weighted by Gasteiger charge is -2.37. The van der Waals surface area contributed by atoms with Crippen LogP contribution in [0.15, 0.2) is 58.7 Å². The van der Waals surface area contributed by atoms with E-state index in [0.717, 1.165) is 90.2 Å². The van der Waals surface area contributed by atoms with Crippen molar-refractivity contribution in [2.24, 2.45) is 10.2 Å². The number of nitrogens with zero attached hydrogens (tertiary/aromatic N) is 10. The molecule has 516 valence electrons. The Hall–Kier alpha value is -10.7. The number of carbonyl (C=O) groups is 12. The number of benzene rings is 2. The highest BCUT2D eigenvalue weighted by molar-refractivity contribution is 6.03. The van der Waals surface area contributed by atoms with Crippen LogP contribution in [-0.2, 0) is 57.4 Å². The number of methoxy groups -OCH3 is 2. The molecule has 36 heteroatoms. The number of aromatic hydroxyl groups is 2. The Morgan fingerprint density at radius 1 is 0.562 bits per heavy atom. The maximum atomic E-state index is 14.8. The molecule has 2 aromatic carbocycles. The summed E-state index contributed by atoms with van der Waals surface area (Å²) in [5.41, 5.74) is -5.44. The quantitative estimate of drug-likeness (QED) is 0.0743. The number of esters is 2. The molecular weight excluding hydrogens is 1270 g/mol. The Morgan fingerprint density at radius 2 is 0.917 bits per heavy atom. The van der Waals surface area contributed by atoms with E-state index in [1.807, 2.05) is 0 Å². The first-order valence-electron chi connectivity index (χ1n) is 29.4. The summed E-state index contributed by atoms with van der Waals surface area (Å²) in [6.45, 7) is -1.67. The van der Waals surface area contributed by atoms with Gasteiger partial charge in [-0.1, -0.05) is 0 Å². The Labute approximate surface area is 546 Å². The lowest BCUT2D eigenvalue weighted by atomic mass is 9.97. The summed E-state index contributed by atoms with van der Waals surface area (Å²) in [6, 6.07) is -1.05. The molecule has 0 radical (unpaired) electrons. The fraction of sp³-hybridized carbons (Fsp3) is 0.467. The molecule has 10 amide bonds. The largest absolute Gasteiger partial charge is 0.505 e. The van der Waals surface area contributed by atoms with Crippen molar-refractivity contribution >= 4 is 105 Å². The first-order chi connectivity index (χ1) is 45.1. The normalized spacial score (nSPS) is 23.5. The number of nitrogens with one attached hydrogen (secondary N) is 4. The van der Waals surface area contributed by atoms with Crippen molar-refractivity contribution in [3.63, 3.8) is 0 Å².